The van der Waals surface area contributed by atoms with Crippen LogP contribution in [-0.4, -0.2) is 58.4 Å². The third kappa shape index (κ3) is 6.17. The first-order valence-corrected chi connectivity index (χ1v) is 13.8. The Morgan fingerprint density at radius 1 is 1.14 bits per heavy atom. The van der Waals surface area contributed by atoms with Crippen molar-refractivity contribution in [2.24, 2.45) is 0 Å². The van der Waals surface area contributed by atoms with Gasteiger partial charge in [0.25, 0.3) is 11.8 Å². The normalized spacial score (nSPS) is 14.9. The van der Waals surface area contributed by atoms with Crippen molar-refractivity contribution in [2.45, 2.75) is 52.0 Å². The number of piperidine rings is 1. The van der Waals surface area contributed by atoms with Crippen LogP contribution in [0.3, 0.4) is 0 Å². The molecule has 2 aromatic heterocycles. The van der Waals surface area contributed by atoms with Crippen LogP contribution in [0, 0.1) is 13.8 Å². The van der Waals surface area contributed by atoms with Gasteiger partial charge in [0.05, 0.1) is 22.3 Å². The van der Waals surface area contributed by atoms with Crippen LogP contribution < -0.4 is 5.32 Å². The van der Waals surface area contributed by atoms with E-state index in [9.17, 15) is 14.4 Å². The van der Waals surface area contributed by atoms with Crippen LogP contribution in [0.4, 0.5) is 0 Å². The van der Waals surface area contributed by atoms with Gasteiger partial charge >= 0.3 is 5.97 Å². The second-order valence-corrected chi connectivity index (χ2v) is 10.8. The number of ether oxygens (including phenoxy) is 1. The van der Waals surface area contributed by atoms with Crippen LogP contribution in [0.5, 0.6) is 0 Å². The molecule has 3 aromatic rings. The van der Waals surface area contributed by atoms with Crippen LogP contribution in [0.2, 0.25) is 0 Å². The van der Waals surface area contributed by atoms with Crippen molar-refractivity contribution < 1.29 is 19.1 Å². The molecule has 36 heavy (non-hydrogen) atoms. The number of amides is 2. The second kappa shape index (κ2) is 11.7. The zero-order chi connectivity index (χ0) is 25.7. The van der Waals surface area contributed by atoms with E-state index in [1.807, 2.05) is 49.1 Å². The molecular formula is C26H30N4O4S2. The van der Waals surface area contributed by atoms with Crippen LogP contribution in [0.25, 0.3) is 0 Å². The summed E-state index contributed by atoms with van der Waals surface area (Å²) < 4.78 is 5.18. The van der Waals surface area contributed by atoms with E-state index in [0.29, 0.717) is 30.1 Å². The van der Waals surface area contributed by atoms with Crippen molar-refractivity contribution in [3.63, 3.8) is 0 Å². The van der Waals surface area contributed by atoms with Crippen LogP contribution in [-0.2, 0) is 16.0 Å². The van der Waals surface area contributed by atoms with Gasteiger partial charge in [-0.3, -0.25) is 9.59 Å². The molecule has 1 N–H and O–H groups in total. The van der Waals surface area contributed by atoms with Gasteiger partial charge in [-0.1, -0.05) is 30.3 Å². The van der Waals surface area contributed by atoms with Gasteiger partial charge in [-0.25, -0.2) is 14.8 Å². The molecule has 0 bridgehead atoms. The highest BCUT2D eigenvalue weighted by molar-refractivity contribution is 7.13. The number of carbonyl (C=O) groups is 3. The average Bonchev–Trinajstić information content (AvgIpc) is 3.50. The minimum Gasteiger partial charge on any atom is -0.464 e. The Morgan fingerprint density at radius 3 is 2.50 bits per heavy atom. The summed E-state index contributed by atoms with van der Waals surface area (Å²) in [4.78, 5) is 49.9. The molecule has 1 unspecified atom stereocenters. The van der Waals surface area contributed by atoms with Gasteiger partial charge < -0.3 is 15.0 Å². The van der Waals surface area contributed by atoms with Crippen molar-refractivity contribution in [1.82, 2.24) is 20.2 Å². The molecule has 1 aliphatic heterocycles. The molecule has 0 saturated carbocycles. The number of esters is 1. The molecule has 1 atom stereocenters. The van der Waals surface area contributed by atoms with E-state index in [1.165, 1.54) is 22.7 Å². The summed E-state index contributed by atoms with van der Waals surface area (Å²) in [5.41, 5.74) is 2.01. The number of thiazole rings is 2. The minimum absolute atomic E-state index is 0.0409. The monoisotopic (exact) mass is 526 g/mol. The number of carbonyl (C=O) groups excluding carboxylic acids is 3. The summed E-state index contributed by atoms with van der Waals surface area (Å²) in [5, 5.41) is 6.31. The number of aromatic nitrogens is 2. The van der Waals surface area contributed by atoms with Gasteiger partial charge in [-0.05, 0) is 39.2 Å². The van der Waals surface area contributed by atoms with E-state index in [0.717, 1.165) is 34.1 Å². The molecule has 8 nitrogen and oxygen atoms in total. The van der Waals surface area contributed by atoms with Gasteiger partial charge in [-0.2, -0.15) is 0 Å². The van der Waals surface area contributed by atoms with Crippen molar-refractivity contribution in [3.05, 3.63) is 67.6 Å². The smallest absolute Gasteiger partial charge is 0.328 e. The molecule has 1 saturated heterocycles. The summed E-state index contributed by atoms with van der Waals surface area (Å²) in [6.07, 6.45) is 1.92. The maximum atomic E-state index is 12.9. The van der Waals surface area contributed by atoms with Crippen LogP contribution in [0.15, 0.2) is 35.7 Å². The molecule has 0 radical (unpaired) electrons. The first kappa shape index (κ1) is 26.0. The number of likely N-dealkylation sites (tertiary alicyclic amines) is 1. The highest BCUT2D eigenvalue weighted by Crippen LogP contribution is 2.31. The number of nitrogens with zero attached hydrogens (tertiary/aromatic N) is 3. The lowest BCUT2D eigenvalue weighted by atomic mass is 9.97. The fraction of sp³-hybridized carbons (Fsp3) is 0.423. The molecule has 1 fully saturated rings. The van der Waals surface area contributed by atoms with Crippen LogP contribution >= 0.6 is 22.7 Å². The lowest BCUT2D eigenvalue weighted by Gasteiger charge is -2.30. The standard InChI is InChI=1S/C26H30N4O4S2/c1-4-34-26(33)20(14-18-8-6-5-7-9-18)28-23(31)21-15-35-24(29-21)19-10-12-30(13-11-19)25(32)22-16(2)27-17(3)36-22/h5-9,15,19-20H,4,10-14H2,1-3H3,(H,28,31). The van der Waals surface area contributed by atoms with Crippen molar-refractivity contribution in [3.8, 4) is 0 Å². The fourth-order valence-electron chi connectivity index (χ4n) is 4.30. The molecule has 1 aromatic carbocycles. The maximum absolute atomic E-state index is 12.9. The molecule has 10 heteroatoms. The summed E-state index contributed by atoms with van der Waals surface area (Å²) in [6, 6.07) is 8.72. The van der Waals surface area contributed by atoms with E-state index in [1.54, 1.807) is 12.3 Å². The fourth-order valence-corrected chi connectivity index (χ4v) is 6.16. The summed E-state index contributed by atoms with van der Waals surface area (Å²) in [5.74, 6) is -0.627. The van der Waals surface area contributed by atoms with Crippen molar-refractivity contribution in [2.75, 3.05) is 19.7 Å². The van der Waals surface area contributed by atoms with E-state index in [-0.39, 0.29) is 18.4 Å². The van der Waals surface area contributed by atoms with E-state index < -0.39 is 17.9 Å². The van der Waals surface area contributed by atoms with Gasteiger partial charge in [0.2, 0.25) is 0 Å². The Hall–Kier alpha value is -3.11. The first-order chi connectivity index (χ1) is 17.4. The molecule has 0 spiro atoms. The third-order valence-electron chi connectivity index (χ3n) is 6.14. The molecule has 2 amide bonds. The quantitative estimate of drug-likeness (QED) is 0.443. The highest BCUT2D eigenvalue weighted by Gasteiger charge is 2.29. The zero-order valence-electron chi connectivity index (χ0n) is 20.7. The maximum Gasteiger partial charge on any atom is 0.328 e. The summed E-state index contributed by atoms with van der Waals surface area (Å²) in [7, 11) is 0. The highest BCUT2D eigenvalue weighted by atomic mass is 32.1. The molecule has 3 heterocycles. The minimum atomic E-state index is -0.793. The van der Waals surface area contributed by atoms with Crippen molar-refractivity contribution >= 4 is 40.5 Å². The van der Waals surface area contributed by atoms with E-state index in [4.69, 9.17) is 4.74 Å². The molecule has 4 rings (SSSR count). The first-order valence-electron chi connectivity index (χ1n) is 12.1. The number of aryl methyl sites for hydroxylation is 2. The summed E-state index contributed by atoms with van der Waals surface area (Å²) >= 11 is 2.89. The number of hydrogen-bond donors (Lipinski definition) is 1. The Kier molecular flexibility index (Phi) is 8.48. The topological polar surface area (TPSA) is 101 Å². The molecule has 1 aliphatic rings. The summed E-state index contributed by atoms with van der Waals surface area (Å²) in [6.45, 7) is 7.05. The number of nitrogens with one attached hydrogen (secondary N) is 1. The van der Waals surface area contributed by atoms with E-state index >= 15 is 0 Å². The number of rotatable bonds is 8. The SMILES string of the molecule is CCOC(=O)C(Cc1ccccc1)NC(=O)c1csc(C2CCN(C(=O)c3sc(C)nc3C)CC2)n1. The predicted molar refractivity (Wildman–Crippen MR) is 140 cm³/mol. The Morgan fingerprint density at radius 2 is 1.86 bits per heavy atom. The van der Waals surface area contributed by atoms with Crippen molar-refractivity contribution in [1.29, 1.82) is 0 Å². The lowest BCUT2D eigenvalue weighted by Crippen LogP contribution is -2.43. The third-order valence-corrected chi connectivity index (χ3v) is 8.21. The van der Waals surface area contributed by atoms with Gasteiger partial charge in [0.15, 0.2) is 0 Å². The molecule has 0 aliphatic carbocycles. The Balaban J connectivity index is 1.36. The van der Waals surface area contributed by atoms with Gasteiger partial charge in [0.1, 0.15) is 16.6 Å². The number of benzene rings is 1. The van der Waals surface area contributed by atoms with Gasteiger partial charge in [0, 0.05) is 30.8 Å². The predicted octanol–water partition coefficient (Wildman–Crippen LogP) is 4.14. The van der Waals surface area contributed by atoms with Crippen LogP contribution in [0.1, 0.15) is 67.1 Å². The Bertz CT molecular complexity index is 1220. The molecule has 190 valence electrons. The number of hydrogen-bond acceptors (Lipinski definition) is 8. The average molecular weight is 527 g/mol. The van der Waals surface area contributed by atoms with Gasteiger partial charge in [-0.15, -0.1) is 22.7 Å². The Labute approximate surface area is 218 Å². The lowest BCUT2D eigenvalue weighted by molar-refractivity contribution is -0.145. The largest absolute Gasteiger partial charge is 0.464 e. The zero-order valence-corrected chi connectivity index (χ0v) is 22.3. The second-order valence-electron chi connectivity index (χ2n) is 8.75. The molecular weight excluding hydrogens is 496 g/mol. The van der Waals surface area contributed by atoms with E-state index in [2.05, 4.69) is 15.3 Å².